The van der Waals surface area contributed by atoms with E-state index in [1.165, 1.54) is 0 Å². The van der Waals surface area contributed by atoms with Gasteiger partial charge in [-0.2, -0.15) is 24.9 Å². The smallest absolute Gasteiger partial charge is 0.354 e. The Labute approximate surface area is 108 Å². The van der Waals surface area contributed by atoms with Crippen LogP contribution >= 0.6 is 11.8 Å². The van der Waals surface area contributed by atoms with Crippen LogP contribution in [0.25, 0.3) is 0 Å². The predicted molar refractivity (Wildman–Crippen MR) is 64.5 cm³/mol. The number of halogens is 3. The molecular weight excluding hydrogens is 265 g/mol. The molecule has 0 aliphatic carbocycles. The van der Waals surface area contributed by atoms with Gasteiger partial charge in [0.1, 0.15) is 0 Å². The molecule has 2 aliphatic heterocycles. The van der Waals surface area contributed by atoms with Gasteiger partial charge in [0.05, 0.1) is 0 Å². The fraction of sp³-hybridized carbons (Fsp3) is 0.909. The molecule has 0 saturated carbocycles. The van der Waals surface area contributed by atoms with E-state index in [1.54, 1.807) is 11.8 Å². The SMILES string of the molecule is O=C(NCC1CCCS1)C1(C(F)(F)F)CCNC1. The van der Waals surface area contributed by atoms with Crippen molar-refractivity contribution >= 4 is 17.7 Å². The molecule has 2 fully saturated rings. The number of hydrogen-bond donors (Lipinski definition) is 2. The lowest BCUT2D eigenvalue weighted by atomic mass is 9.85. The Bertz CT molecular complexity index is 310. The highest BCUT2D eigenvalue weighted by molar-refractivity contribution is 8.00. The number of hydrogen-bond acceptors (Lipinski definition) is 3. The molecule has 7 heteroatoms. The van der Waals surface area contributed by atoms with Crippen molar-refractivity contribution < 1.29 is 18.0 Å². The van der Waals surface area contributed by atoms with Gasteiger partial charge in [0.15, 0.2) is 5.41 Å². The van der Waals surface area contributed by atoms with E-state index in [4.69, 9.17) is 0 Å². The second-order valence-electron chi connectivity index (χ2n) is 4.85. The zero-order valence-electron chi connectivity index (χ0n) is 9.98. The molecule has 2 saturated heterocycles. The third-order valence-corrected chi connectivity index (χ3v) is 5.05. The molecule has 0 aromatic rings. The summed E-state index contributed by atoms with van der Waals surface area (Å²) in [6.45, 7) is 0.284. The molecule has 104 valence electrons. The summed E-state index contributed by atoms with van der Waals surface area (Å²) >= 11 is 1.72. The van der Waals surface area contributed by atoms with Crippen LogP contribution in [-0.4, -0.2) is 42.7 Å². The van der Waals surface area contributed by atoms with Gasteiger partial charge in [-0.3, -0.25) is 4.79 Å². The average molecular weight is 282 g/mol. The van der Waals surface area contributed by atoms with Gasteiger partial charge in [-0.05, 0) is 31.6 Å². The van der Waals surface area contributed by atoms with Gasteiger partial charge in [-0.1, -0.05) is 0 Å². The quantitative estimate of drug-likeness (QED) is 0.825. The van der Waals surface area contributed by atoms with E-state index in [2.05, 4.69) is 10.6 Å². The van der Waals surface area contributed by atoms with E-state index in [1.807, 2.05) is 0 Å². The van der Waals surface area contributed by atoms with Gasteiger partial charge < -0.3 is 10.6 Å². The van der Waals surface area contributed by atoms with Crippen molar-refractivity contribution in [3.8, 4) is 0 Å². The molecule has 0 bridgehead atoms. The minimum absolute atomic E-state index is 0.167. The van der Waals surface area contributed by atoms with Crippen molar-refractivity contribution in [1.29, 1.82) is 0 Å². The second-order valence-corrected chi connectivity index (χ2v) is 6.26. The van der Waals surface area contributed by atoms with Gasteiger partial charge >= 0.3 is 6.18 Å². The van der Waals surface area contributed by atoms with Crippen LogP contribution < -0.4 is 10.6 Å². The Hall–Kier alpha value is -0.430. The Morgan fingerprint density at radius 2 is 2.28 bits per heavy atom. The molecule has 2 atom stereocenters. The first-order valence-electron chi connectivity index (χ1n) is 6.13. The zero-order chi connectivity index (χ0) is 13.2. The van der Waals surface area contributed by atoms with Crippen molar-refractivity contribution in [2.24, 2.45) is 5.41 Å². The zero-order valence-corrected chi connectivity index (χ0v) is 10.8. The molecule has 0 radical (unpaired) electrons. The monoisotopic (exact) mass is 282 g/mol. The van der Waals surface area contributed by atoms with Crippen LogP contribution in [0.2, 0.25) is 0 Å². The summed E-state index contributed by atoms with van der Waals surface area (Å²) in [6, 6.07) is 0. The Morgan fingerprint density at radius 1 is 1.50 bits per heavy atom. The molecule has 2 rings (SSSR count). The third-order valence-electron chi connectivity index (χ3n) is 3.65. The van der Waals surface area contributed by atoms with E-state index in [0.29, 0.717) is 6.54 Å². The van der Waals surface area contributed by atoms with Crippen LogP contribution in [0, 0.1) is 5.41 Å². The molecule has 2 aliphatic rings. The number of nitrogens with one attached hydrogen (secondary N) is 2. The normalized spacial score (nSPS) is 32.7. The van der Waals surface area contributed by atoms with Crippen LogP contribution in [0.5, 0.6) is 0 Å². The fourth-order valence-corrected chi connectivity index (χ4v) is 3.64. The lowest BCUT2D eigenvalue weighted by Crippen LogP contribution is -2.53. The number of alkyl halides is 3. The molecule has 2 N–H and O–H groups in total. The first kappa shape index (κ1) is 14.0. The Kier molecular flexibility index (Phi) is 4.11. The number of carbonyl (C=O) groups excluding carboxylic acids is 1. The molecule has 0 aromatic heterocycles. The average Bonchev–Trinajstić information content (AvgIpc) is 2.96. The molecule has 2 unspecified atom stereocenters. The molecule has 3 nitrogen and oxygen atoms in total. The van der Waals surface area contributed by atoms with E-state index in [0.717, 1.165) is 18.6 Å². The van der Waals surface area contributed by atoms with Crippen molar-refractivity contribution in [2.75, 3.05) is 25.4 Å². The minimum Gasteiger partial charge on any atom is -0.354 e. The summed E-state index contributed by atoms with van der Waals surface area (Å²) < 4.78 is 39.2. The highest BCUT2D eigenvalue weighted by Crippen LogP contribution is 2.43. The van der Waals surface area contributed by atoms with Gasteiger partial charge in [-0.15, -0.1) is 0 Å². The van der Waals surface area contributed by atoms with Gasteiger partial charge in [-0.25, -0.2) is 0 Å². The number of thioether (sulfide) groups is 1. The maximum Gasteiger partial charge on any atom is 0.404 e. The first-order chi connectivity index (χ1) is 8.46. The standard InChI is InChI=1S/C11H17F3N2OS/c12-11(13,14)10(3-4-15-7-10)9(17)16-6-8-2-1-5-18-8/h8,15H,1-7H2,(H,16,17). The van der Waals surface area contributed by atoms with E-state index in [9.17, 15) is 18.0 Å². The summed E-state index contributed by atoms with van der Waals surface area (Å²) in [6.07, 6.45) is -2.59. The fourth-order valence-electron chi connectivity index (χ4n) is 2.44. The van der Waals surface area contributed by atoms with Crippen LogP contribution in [0.4, 0.5) is 13.2 Å². The highest BCUT2D eigenvalue weighted by Gasteiger charge is 2.61. The molecule has 2 heterocycles. The molecular formula is C11H17F3N2OS. The van der Waals surface area contributed by atoms with Crippen LogP contribution in [0.15, 0.2) is 0 Å². The van der Waals surface area contributed by atoms with E-state index >= 15 is 0 Å². The van der Waals surface area contributed by atoms with Crippen LogP contribution in [-0.2, 0) is 4.79 Å². The van der Waals surface area contributed by atoms with Crippen molar-refractivity contribution in [2.45, 2.75) is 30.7 Å². The molecule has 0 spiro atoms. The lowest BCUT2D eigenvalue weighted by Gasteiger charge is -2.29. The van der Waals surface area contributed by atoms with Crippen LogP contribution in [0.3, 0.4) is 0 Å². The summed E-state index contributed by atoms with van der Waals surface area (Å²) in [5.41, 5.74) is -2.23. The summed E-state index contributed by atoms with van der Waals surface area (Å²) in [7, 11) is 0. The number of rotatable bonds is 3. The maximum absolute atomic E-state index is 13.1. The topological polar surface area (TPSA) is 41.1 Å². The van der Waals surface area contributed by atoms with Crippen LogP contribution in [0.1, 0.15) is 19.3 Å². The number of amides is 1. The van der Waals surface area contributed by atoms with E-state index < -0.39 is 17.5 Å². The Balaban J connectivity index is 1.96. The highest BCUT2D eigenvalue weighted by atomic mass is 32.2. The number of carbonyl (C=O) groups is 1. The van der Waals surface area contributed by atoms with Gasteiger partial charge in [0.25, 0.3) is 0 Å². The first-order valence-corrected chi connectivity index (χ1v) is 7.18. The summed E-state index contributed by atoms with van der Waals surface area (Å²) in [4.78, 5) is 11.9. The minimum atomic E-state index is -4.48. The Morgan fingerprint density at radius 3 is 2.78 bits per heavy atom. The third kappa shape index (κ3) is 2.61. The lowest BCUT2D eigenvalue weighted by molar-refractivity contribution is -0.215. The second kappa shape index (κ2) is 5.28. The largest absolute Gasteiger partial charge is 0.404 e. The summed E-state index contributed by atoms with van der Waals surface area (Å²) in [5, 5.41) is 5.41. The van der Waals surface area contributed by atoms with Crippen molar-refractivity contribution in [1.82, 2.24) is 10.6 Å². The predicted octanol–water partition coefficient (Wildman–Crippen LogP) is 1.54. The molecule has 0 aromatic carbocycles. The molecule has 1 amide bonds. The van der Waals surface area contributed by atoms with E-state index in [-0.39, 0.29) is 24.8 Å². The van der Waals surface area contributed by atoms with Gasteiger partial charge in [0.2, 0.25) is 5.91 Å². The maximum atomic E-state index is 13.1. The van der Waals surface area contributed by atoms with Crippen molar-refractivity contribution in [3.05, 3.63) is 0 Å². The summed E-state index contributed by atoms with van der Waals surface area (Å²) in [5.74, 6) is 0.166. The molecule has 18 heavy (non-hydrogen) atoms. The van der Waals surface area contributed by atoms with Gasteiger partial charge in [0, 0.05) is 18.3 Å². The van der Waals surface area contributed by atoms with Crippen molar-refractivity contribution in [3.63, 3.8) is 0 Å².